The molecular weight excluding hydrogens is 236 g/mol. The Morgan fingerprint density at radius 3 is 2.59 bits per heavy atom. The van der Waals surface area contributed by atoms with E-state index in [1.165, 1.54) is 6.07 Å². The lowest BCUT2D eigenvalue weighted by Gasteiger charge is -2.12. The summed E-state index contributed by atoms with van der Waals surface area (Å²) in [7, 11) is 0. The molecule has 0 aliphatic carbocycles. The predicted octanol–water partition coefficient (Wildman–Crippen LogP) is 2.69. The van der Waals surface area contributed by atoms with E-state index in [9.17, 15) is 4.79 Å². The fourth-order valence-electron chi connectivity index (χ4n) is 1.66. The van der Waals surface area contributed by atoms with Crippen LogP contribution in [0, 0.1) is 13.8 Å². The smallest absolute Gasteiger partial charge is 0.204 e. The highest BCUT2D eigenvalue weighted by molar-refractivity contribution is 6.31. The van der Waals surface area contributed by atoms with Crippen molar-refractivity contribution in [3.63, 3.8) is 0 Å². The molecule has 0 amide bonds. The summed E-state index contributed by atoms with van der Waals surface area (Å²) in [5, 5.41) is 0.694. The van der Waals surface area contributed by atoms with Gasteiger partial charge in [0, 0.05) is 28.7 Å². The van der Waals surface area contributed by atoms with Gasteiger partial charge in [0.25, 0.3) is 0 Å². The topological polar surface area (TPSA) is 48.0 Å². The molecule has 1 aromatic carbocycles. The lowest BCUT2D eigenvalue weighted by atomic mass is 10.2. The van der Waals surface area contributed by atoms with Crippen molar-refractivity contribution in [3.05, 3.63) is 57.0 Å². The van der Waals surface area contributed by atoms with Crippen molar-refractivity contribution in [2.45, 2.75) is 13.8 Å². The minimum Gasteiger partial charge on any atom is -0.394 e. The van der Waals surface area contributed by atoms with Crippen molar-refractivity contribution in [3.8, 4) is 5.69 Å². The predicted molar refractivity (Wildman–Crippen MR) is 70.9 cm³/mol. The van der Waals surface area contributed by atoms with Gasteiger partial charge in [0.05, 0.1) is 5.69 Å². The van der Waals surface area contributed by atoms with Crippen LogP contribution < -0.4 is 11.2 Å². The van der Waals surface area contributed by atoms with Gasteiger partial charge in [0.15, 0.2) is 0 Å². The average Bonchev–Trinajstić information content (AvgIpc) is 2.27. The first-order valence-electron chi connectivity index (χ1n) is 5.24. The average molecular weight is 249 g/mol. The largest absolute Gasteiger partial charge is 0.394 e. The molecule has 1 heterocycles. The SMILES string of the molecule is Cc1ccc(-n2cc(N)c(=O)cc2C)cc1Cl. The number of nitrogen functional groups attached to an aromatic ring is 1. The third-order valence-electron chi connectivity index (χ3n) is 2.71. The number of nitrogens with two attached hydrogens (primary N) is 1. The molecule has 0 aliphatic rings. The second-order valence-electron chi connectivity index (χ2n) is 4.04. The second kappa shape index (κ2) is 4.26. The van der Waals surface area contributed by atoms with E-state index in [0.29, 0.717) is 5.02 Å². The number of hydrogen-bond acceptors (Lipinski definition) is 2. The zero-order chi connectivity index (χ0) is 12.6. The maximum atomic E-state index is 11.4. The van der Waals surface area contributed by atoms with Crippen molar-refractivity contribution in [2.24, 2.45) is 0 Å². The zero-order valence-corrected chi connectivity index (χ0v) is 10.5. The molecule has 0 saturated carbocycles. The second-order valence-corrected chi connectivity index (χ2v) is 4.45. The van der Waals surface area contributed by atoms with E-state index < -0.39 is 0 Å². The van der Waals surface area contributed by atoms with E-state index in [0.717, 1.165) is 16.9 Å². The number of benzene rings is 1. The summed E-state index contributed by atoms with van der Waals surface area (Å²) in [5.74, 6) is 0. The fraction of sp³-hybridized carbons (Fsp3) is 0.154. The van der Waals surface area contributed by atoms with E-state index in [-0.39, 0.29) is 11.1 Å². The van der Waals surface area contributed by atoms with Gasteiger partial charge in [-0.25, -0.2) is 0 Å². The number of anilines is 1. The highest BCUT2D eigenvalue weighted by Crippen LogP contribution is 2.20. The van der Waals surface area contributed by atoms with Crippen molar-refractivity contribution in [1.29, 1.82) is 0 Å². The van der Waals surface area contributed by atoms with Gasteiger partial charge in [-0.05, 0) is 31.5 Å². The molecule has 17 heavy (non-hydrogen) atoms. The van der Waals surface area contributed by atoms with Crippen LogP contribution in [0.5, 0.6) is 0 Å². The zero-order valence-electron chi connectivity index (χ0n) is 9.70. The lowest BCUT2D eigenvalue weighted by molar-refractivity contribution is 0.976. The van der Waals surface area contributed by atoms with Crippen LogP contribution in [0.3, 0.4) is 0 Å². The van der Waals surface area contributed by atoms with Gasteiger partial charge in [-0.1, -0.05) is 17.7 Å². The summed E-state index contributed by atoms with van der Waals surface area (Å²) in [6.45, 7) is 3.80. The van der Waals surface area contributed by atoms with E-state index >= 15 is 0 Å². The number of hydrogen-bond donors (Lipinski definition) is 1. The Bertz CT molecular complexity index is 632. The number of rotatable bonds is 1. The molecule has 3 nitrogen and oxygen atoms in total. The van der Waals surface area contributed by atoms with Gasteiger partial charge in [-0.3, -0.25) is 4.79 Å². The summed E-state index contributed by atoms with van der Waals surface area (Å²) in [6, 6.07) is 7.25. The highest BCUT2D eigenvalue weighted by atomic mass is 35.5. The van der Waals surface area contributed by atoms with Crippen LogP contribution in [0.25, 0.3) is 5.69 Å². The van der Waals surface area contributed by atoms with Gasteiger partial charge < -0.3 is 10.3 Å². The molecule has 0 radical (unpaired) electrons. The van der Waals surface area contributed by atoms with Gasteiger partial charge in [0.2, 0.25) is 5.43 Å². The number of aromatic nitrogens is 1. The lowest BCUT2D eigenvalue weighted by Crippen LogP contribution is -2.13. The molecule has 0 atom stereocenters. The van der Waals surface area contributed by atoms with Crippen LogP contribution in [0.15, 0.2) is 35.3 Å². The summed E-state index contributed by atoms with van der Waals surface area (Å²) in [4.78, 5) is 11.4. The Morgan fingerprint density at radius 1 is 1.24 bits per heavy atom. The Morgan fingerprint density at radius 2 is 1.94 bits per heavy atom. The van der Waals surface area contributed by atoms with Crippen molar-refractivity contribution < 1.29 is 0 Å². The van der Waals surface area contributed by atoms with Gasteiger partial charge in [0.1, 0.15) is 0 Å². The molecular formula is C13H13ClN2O. The summed E-state index contributed by atoms with van der Waals surface area (Å²) < 4.78 is 1.85. The maximum Gasteiger partial charge on any atom is 0.204 e. The number of aryl methyl sites for hydroxylation is 2. The van der Waals surface area contributed by atoms with Gasteiger partial charge in [-0.15, -0.1) is 0 Å². The summed E-state index contributed by atoms with van der Waals surface area (Å²) in [6.07, 6.45) is 1.62. The first-order chi connectivity index (χ1) is 7.99. The molecule has 2 aromatic rings. The van der Waals surface area contributed by atoms with E-state index in [1.807, 2.05) is 36.6 Å². The third-order valence-corrected chi connectivity index (χ3v) is 3.11. The molecule has 0 aliphatic heterocycles. The molecule has 0 saturated heterocycles. The highest BCUT2D eigenvalue weighted by Gasteiger charge is 2.04. The molecule has 0 fully saturated rings. The van der Waals surface area contributed by atoms with Crippen LogP contribution in [0.4, 0.5) is 5.69 Å². The van der Waals surface area contributed by atoms with Crippen LogP contribution in [0.1, 0.15) is 11.3 Å². The summed E-state index contributed by atoms with van der Waals surface area (Å²) in [5.41, 5.74) is 8.43. The quantitative estimate of drug-likeness (QED) is 0.844. The molecule has 0 spiro atoms. The Hall–Kier alpha value is -1.74. The first-order valence-corrected chi connectivity index (χ1v) is 5.62. The van der Waals surface area contributed by atoms with Crippen molar-refractivity contribution >= 4 is 17.3 Å². The third kappa shape index (κ3) is 2.19. The van der Waals surface area contributed by atoms with Crippen LogP contribution in [-0.2, 0) is 0 Å². The minimum atomic E-state index is -0.156. The van der Waals surface area contributed by atoms with E-state index in [2.05, 4.69) is 0 Å². The molecule has 2 rings (SSSR count). The minimum absolute atomic E-state index is 0.156. The number of nitrogens with zero attached hydrogens (tertiary/aromatic N) is 1. The fourth-order valence-corrected chi connectivity index (χ4v) is 1.83. The van der Waals surface area contributed by atoms with Crippen molar-refractivity contribution in [2.75, 3.05) is 5.73 Å². The van der Waals surface area contributed by atoms with Crippen LogP contribution in [-0.4, -0.2) is 4.57 Å². The molecule has 88 valence electrons. The van der Waals surface area contributed by atoms with Crippen LogP contribution in [0.2, 0.25) is 5.02 Å². The number of halogens is 1. The first kappa shape index (κ1) is 11.7. The van der Waals surface area contributed by atoms with Gasteiger partial charge >= 0.3 is 0 Å². The van der Waals surface area contributed by atoms with E-state index in [4.69, 9.17) is 17.3 Å². The van der Waals surface area contributed by atoms with Crippen LogP contribution >= 0.6 is 11.6 Å². The molecule has 0 bridgehead atoms. The summed E-state index contributed by atoms with van der Waals surface area (Å²) >= 11 is 6.08. The standard InChI is InChI=1S/C13H13ClN2O/c1-8-3-4-10(6-11(8)14)16-7-12(15)13(17)5-9(16)2/h3-7H,15H2,1-2H3. The Kier molecular flexibility index (Phi) is 2.94. The Labute approximate surface area is 104 Å². The molecule has 2 N–H and O–H groups in total. The van der Waals surface area contributed by atoms with E-state index in [1.54, 1.807) is 6.20 Å². The maximum absolute atomic E-state index is 11.4. The van der Waals surface area contributed by atoms with Gasteiger partial charge in [-0.2, -0.15) is 0 Å². The Balaban J connectivity index is 2.64. The molecule has 4 heteroatoms. The monoisotopic (exact) mass is 248 g/mol. The van der Waals surface area contributed by atoms with Crippen molar-refractivity contribution in [1.82, 2.24) is 4.57 Å². The molecule has 0 unspecified atom stereocenters. The number of pyridine rings is 1. The molecule has 1 aromatic heterocycles. The normalized spacial score (nSPS) is 10.5.